The van der Waals surface area contributed by atoms with Crippen LogP contribution in [0.4, 0.5) is 0 Å². The largest absolute Gasteiger partial charge is 0.507 e. The molecule has 0 amide bonds. The maximum absolute atomic E-state index is 10.6. The summed E-state index contributed by atoms with van der Waals surface area (Å²) >= 11 is 4.33. The highest BCUT2D eigenvalue weighted by molar-refractivity contribution is 9.10. The minimum Gasteiger partial charge on any atom is -0.507 e. The Morgan fingerprint density at radius 1 is 1.52 bits per heavy atom. The van der Waals surface area contributed by atoms with Gasteiger partial charge in [-0.1, -0.05) is 27.7 Å². The molecule has 110 valence electrons. The lowest BCUT2D eigenvalue weighted by Crippen LogP contribution is -2.01. The van der Waals surface area contributed by atoms with E-state index in [0.717, 1.165) is 16.2 Å². The lowest BCUT2D eigenvalue weighted by atomic mass is 10.2. The van der Waals surface area contributed by atoms with Gasteiger partial charge in [-0.05, 0) is 25.1 Å². The summed E-state index contributed by atoms with van der Waals surface area (Å²) < 4.78 is 2.23. The minimum absolute atomic E-state index is 0.0902. The third-order valence-corrected chi connectivity index (χ3v) is 3.79. The highest BCUT2D eigenvalue weighted by Gasteiger charge is 2.10. The molecule has 1 aromatic carbocycles. The van der Waals surface area contributed by atoms with Crippen molar-refractivity contribution >= 4 is 39.9 Å². The molecule has 1 heterocycles. The number of aromatic hydroxyl groups is 1. The number of phenols is 1. The van der Waals surface area contributed by atoms with Crippen LogP contribution in [0.1, 0.15) is 11.4 Å². The molecule has 0 spiro atoms. The van der Waals surface area contributed by atoms with Crippen molar-refractivity contribution in [3.8, 4) is 5.75 Å². The van der Waals surface area contributed by atoms with Crippen molar-refractivity contribution in [1.29, 1.82) is 0 Å². The summed E-state index contributed by atoms with van der Waals surface area (Å²) in [4.78, 5) is 10.6. The van der Waals surface area contributed by atoms with E-state index in [9.17, 15) is 9.90 Å². The van der Waals surface area contributed by atoms with Crippen LogP contribution in [-0.2, 0) is 4.79 Å². The van der Waals surface area contributed by atoms with Gasteiger partial charge in [-0.15, -0.1) is 10.2 Å². The SMILES string of the molecule is Cc1nnc(SCC(=O)O)n1/N=C\c1cc(Br)ccc1O. The van der Waals surface area contributed by atoms with Gasteiger partial charge in [0.1, 0.15) is 5.75 Å². The molecule has 0 aliphatic rings. The van der Waals surface area contributed by atoms with Gasteiger partial charge in [0.15, 0.2) is 5.82 Å². The summed E-state index contributed by atoms with van der Waals surface area (Å²) in [6, 6.07) is 4.97. The normalized spacial score (nSPS) is 11.1. The molecule has 2 aromatic rings. The summed E-state index contributed by atoms with van der Waals surface area (Å²) in [5, 5.41) is 30.7. The topological polar surface area (TPSA) is 101 Å². The number of phenolic OH excluding ortho intramolecular Hbond substituents is 1. The molecule has 0 unspecified atom stereocenters. The van der Waals surface area contributed by atoms with E-state index < -0.39 is 5.97 Å². The van der Waals surface area contributed by atoms with Crippen molar-refractivity contribution in [2.45, 2.75) is 12.1 Å². The van der Waals surface area contributed by atoms with E-state index in [1.54, 1.807) is 25.1 Å². The molecule has 0 atom stereocenters. The Morgan fingerprint density at radius 2 is 2.29 bits per heavy atom. The highest BCUT2D eigenvalue weighted by atomic mass is 79.9. The molecule has 1 aromatic heterocycles. The number of carboxylic acid groups (broad SMARTS) is 1. The third kappa shape index (κ3) is 4.05. The molecule has 7 nitrogen and oxygen atoms in total. The van der Waals surface area contributed by atoms with Gasteiger partial charge >= 0.3 is 5.97 Å². The lowest BCUT2D eigenvalue weighted by molar-refractivity contribution is -0.133. The molecule has 0 bridgehead atoms. The number of halogens is 1. The monoisotopic (exact) mass is 370 g/mol. The van der Waals surface area contributed by atoms with Gasteiger partial charge in [-0.25, -0.2) is 0 Å². The number of aliphatic carboxylic acids is 1. The first-order valence-electron chi connectivity index (χ1n) is 5.77. The minimum atomic E-state index is -0.944. The fourth-order valence-electron chi connectivity index (χ4n) is 1.44. The second-order valence-corrected chi connectivity index (χ2v) is 5.83. The molecule has 0 radical (unpaired) electrons. The number of nitrogens with zero attached hydrogens (tertiary/aromatic N) is 4. The molecule has 0 fully saturated rings. The summed E-state index contributed by atoms with van der Waals surface area (Å²) in [5.74, 6) is -0.461. The molecule has 0 saturated heterocycles. The maximum Gasteiger partial charge on any atom is 0.313 e. The standard InChI is InChI=1S/C12H11BrN4O3S/c1-7-15-16-12(21-6-11(19)20)17(7)14-5-8-4-9(13)2-3-10(8)18/h2-5,18H,6H2,1H3,(H,19,20)/b14-5-. The molecular formula is C12H11BrN4O3S. The predicted octanol–water partition coefficient (Wildman–Crippen LogP) is 2.11. The molecule has 0 aliphatic carbocycles. The van der Waals surface area contributed by atoms with Gasteiger partial charge in [-0.3, -0.25) is 4.79 Å². The van der Waals surface area contributed by atoms with E-state index in [1.807, 2.05) is 0 Å². The van der Waals surface area contributed by atoms with Crippen LogP contribution in [0.15, 0.2) is 32.9 Å². The second-order valence-electron chi connectivity index (χ2n) is 3.97. The number of aryl methyl sites for hydroxylation is 1. The van der Waals surface area contributed by atoms with E-state index in [4.69, 9.17) is 5.11 Å². The Labute approximate surface area is 132 Å². The molecule has 9 heteroatoms. The predicted molar refractivity (Wildman–Crippen MR) is 81.9 cm³/mol. The van der Waals surface area contributed by atoms with Gasteiger partial charge in [0.2, 0.25) is 5.16 Å². The van der Waals surface area contributed by atoms with Crippen molar-refractivity contribution in [2.75, 3.05) is 5.75 Å². The van der Waals surface area contributed by atoms with Crippen LogP contribution in [0.25, 0.3) is 0 Å². The van der Waals surface area contributed by atoms with Crippen LogP contribution in [0.2, 0.25) is 0 Å². The van der Waals surface area contributed by atoms with E-state index in [1.165, 1.54) is 10.9 Å². The second kappa shape index (κ2) is 6.72. The average Bonchev–Trinajstić information content (AvgIpc) is 2.78. The highest BCUT2D eigenvalue weighted by Crippen LogP contribution is 2.21. The van der Waals surface area contributed by atoms with E-state index in [0.29, 0.717) is 16.5 Å². The van der Waals surface area contributed by atoms with E-state index >= 15 is 0 Å². The van der Waals surface area contributed by atoms with Gasteiger partial charge in [-0.2, -0.15) is 9.78 Å². The number of rotatable bonds is 5. The van der Waals surface area contributed by atoms with Crippen LogP contribution >= 0.6 is 27.7 Å². The van der Waals surface area contributed by atoms with Crippen molar-refractivity contribution in [1.82, 2.24) is 14.9 Å². The van der Waals surface area contributed by atoms with Crippen molar-refractivity contribution in [3.63, 3.8) is 0 Å². The van der Waals surface area contributed by atoms with Gasteiger partial charge in [0.05, 0.1) is 12.0 Å². The van der Waals surface area contributed by atoms with Crippen LogP contribution in [0.3, 0.4) is 0 Å². The maximum atomic E-state index is 10.6. The van der Waals surface area contributed by atoms with Gasteiger partial charge in [0.25, 0.3) is 0 Å². The summed E-state index contributed by atoms with van der Waals surface area (Å²) in [7, 11) is 0. The Morgan fingerprint density at radius 3 is 3.00 bits per heavy atom. The number of benzene rings is 1. The van der Waals surface area contributed by atoms with Crippen LogP contribution in [0, 0.1) is 6.92 Å². The Bertz CT molecular complexity index is 702. The number of carboxylic acids is 1. The quantitative estimate of drug-likeness (QED) is 0.617. The summed E-state index contributed by atoms with van der Waals surface area (Å²) in [6.07, 6.45) is 1.46. The number of hydrogen-bond donors (Lipinski definition) is 2. The Balaban J connectivity index is 2.26. The van der Waals surface area contributed by atoms with Crippen LogP contribution in [0.5, 0.6) is 5.75 Å². The van der Waals surface area contributed by atoms with Crippen molar-refractivity contribution in [3.05, 3.63) is 34.1 Å². The average molecular weight is 371 g/mol. The molecule has 0 saturated carbocycles. The van der Waals surface area contributed by atoms with E-state index in [-0.39, 0.29) is 11.5 Å². The zero-order chi connectivity index (χ0) is 15.4. The summed E-state index contributed by atoms with van der Waals surface area (Å²) in [5.41, 5.74) is 0.520. The first kappa shape index (κ1) is 15.5. The summed E-state index contributed by atoms with van der Waals surface area (Å²) in [6.45, 7) is 1.70. The number of hydrogen-bond acceptors (Lipinski definition) is 6. The number of carbonyl (C=O) groups is 1. The van der Waals surface area contributed by atoms with Crippen molar-refractivity contribution < 1.29 is 15.0 Å². The Kier molecular flexibility index (Phi) is 4.97. The molecule has 0 aliphatic heterocycles. The Hall–Kier alpha value is -1.87. The van der Waals surface area contributed by atoms with Gasteiger partial charge in [0, 0.05) is 10.0 Å². The third-order valence-electron chi connectivity index (χ3n) is 2.39. The number of aromatic nitrogens is 3. The number of thioether (sulfide) groups is 1. The first-order chi connectivity index (χ1) is 9.97. The lowest BCUT2D eigenvalue weighted by Gasteiger charge is -2.02. The van der Waals surface area contributed by atoms with Crippen LogP contribution in [-0.4, -0.2) is 43.0 Å². The molecule has 21 heavy (non-hydrogen) atoms. The smallest absolute Gasteiger partial charge is 0.313 e. The molecule has 2 rings (SSSR count). The molecular weight excluding hydrogens is 360 g/mol. The fraction of sp³-hybridized carbons (Fsp3) is 0.167. The molecule has 2 N–H and O–H groups in total. The van der Waals surface area contributed by atoms with Crippen molar-refractivity contribution in [2.24, 2.45) is 5.10 Å². The fourth-order valence-corrected chi connectivity index (χ4v) is 2.47. The zero-order valence-electron chi connectivity index (χ0n) is 10.9. The van der Waals surface area contributed by atoms with Gasteiger partial charge < -0.3 is 10.2 Å². The zero-order valence-corrected chi connectivity index (χ0v) is 13.3. The van der Waals surface area contributed by atoms with Crippen LogP contribution < -0.4 is 0 Å². The first-order valence-corrected chi connectivity index (χ1v) is 7.54. The van der Waals surface area contributed by atoms with E-state index in [2.05, 4.69) is 31.2 Å².